The second-order valence-electron chi connectivity index (χ2n) is 6.84. The number of nitrogens with zero attached hydrogens (tertiary/aromatic N) is 3. The molecule has 0 aromatic rings. The number of carbonyl (C=O) groups excluding carboxylic acids is 1. The largest absolute Gasteiger partial charge is 0.481 e. The zero-order chi connectivity index (χ0) is 15.0. The molecule has 3 fully saturated rings. The minimum absolute atomic E-state index is 0.0247. The SMILES string of the molecule is C[C@@H]1CN(C(=O)N2CCN(CC3CC3)CC2)C[C@H]1C(=O)O. The van der Waals surface area contributed by atoms with Crippen molar-refractivity contribution in [1.29, 1.82) is 0 Å². The Morgan fingerprint density at radius 3 is 2.24 bits per heavy atom. The predicted octanol–water partition coefficient (Wildman–Crippen LogP) is 0.786. The summed E-state index contributed by atoms with van der Waals surface area (Å²) < 4.78 is 0. The third kappa shape index (κ3) is 3.31. The number of amides is 2. The molecule has 6 nitrogen and oxygen atoms in total. The summed E-state index contributed by atoms with van der Waals surface area (Å²) in [6.07, 6.45) is 2.72. The topological polar surface area (TPSA) is 64.1 Å². The Bertz CT molecular complexity index is 416. The molecule has 0 aromatic heterocycles. The van der Waals surface area contributed by atoms with Crippen LogP contribution in [0.25, 0.3) is 0 Å². The number of urea groups is 1. The Morgan fingerprint density at radius 1 is 1.05 bits per heavy atom. The summed E-state index contributed by atoms with van der Waals surface area (Å²) in [4.78, 5) is 29.7. The van der Waals surface area contributed by atoms with Gasteiger partial charge in [0.15, 0.2) is 0 Å². The number of likely N-dealkylation sites (tertiary alicyclic amines) is 1. The van der Waals surface area contributed by atoms with Gasteiger partial charge < -0.3 is 14.9 Å². The first kappa shape index (κ1) is 14.6. The van der Waals surface area contributed by atoms with Crippen LogP contribution in [0.2, 0.25) is 0 Å². The van der Waals surface area contributed by atoms with Crippen LogP contribution in [-0.4, -0.2) is 77.6 Å². The van der Waals surface area contributed by atoms with E-state index in [0.717, 1.165) is 32.1 Å². The summed E-state index contributed by atoms with van der Waals surface area (Å²) in [5.41, 5.74) is 0. The first-order valence-electron chi connectivity index (χ1n) is 8.03. The molecule has 1 saturated carbocycles. The summed E-state index contributed by atoms with van der Waals surface area (Å²) in [6, 6.07) is 0.0247. The number of hydrogen-bond acceptors (Lipinski definition) is 3. The highest BCUT2D eigenvalue weighted by Gasteiger charge is 2.39. The first-order valence-corrected chi connectivity index (χ1v) is 8.03. The molecule has 3 aliphatic rings. The molecule has 1 aliphatic carbocycles. The normalized spacial score (nSPS) is 30.7. The summed E-state index contributed by atoms with van der Waals surface area (Å²) in [5.74, 6) is -0.261. The second kappa shape index (κ2) is 5.83. The van der Waals surface area contributed by atoms with Gasteiger partial charge in [0.25, 0.3) is 0 Å². The average Bonchev–Trinajstić information content (AvgIpc) is 3.18. The molecule has 6 heteroatoms. The highest BCUT2D eigenvalue weighted by atomic mass is 16.4. The van der Waals surface area contributed by atoms with Crippen LogP contribution in [0, 0.1) is 17.8 Å². The van der Waals surface area contributed by atoms with Crippen molar-refractivity contribution in [2.45, 2.75) is 19.8 Å². The molecular weight excluding hydrogens is 270 g/mol. The molecule has 2 saturated heterocycles. The molecule has 0 radical (unpaired) electrons. The number of carboxylic acid groups (broad SMARTS) is 1. The molecule has 2 amide bonds. The van der Waals surface area contributed by atoms with Gasteiger partial charge in [0.1, 0.15) is 0 Å². The van der Waals surface area contributed by atoms with Gasteiger partial charge >= 0.3 is 12.0 Å². The van der Waals surface area contributed by atoms with Crippen molar-refractivity contribution in [3.63, 3.8) is 0 Å². The average molecular weight is 295 g/mol. The van der Waals surface area contributed by atoms with Crippen LogP contribution in [0.1, 0.15) is 19.8 Å². The van der Waals surface area contributed by atoms with E-state index in [1.165, 1.54) is 19.4 Å². The van der Waals surface area contributed by atoms with E-state index in [9.17, 15) is 9.59 Å². The Labute approximate surface area is 125 Å². The smallest absolute Gasteiger partial charge is 0.320 e. The Hall–Kier alpha value is -1.30. The lowest BCUT2D eigenvalue weighted by molar-refractivity contribution is -0.142. The molecule has 3 rings (SSSR count). The van der Waals surface area contributed by atoms with Crippen LogP contribution >= 0.6 is 0 Å². The van der Waals surface area contributed by atoms with Crippen molar-refractivity contribution in [2.75, 3.05) is 45.8 Å². The number of rotatable bonds is 3. The third-order valence-electron chi connectivity index (χ3n) is 5.06. The van der Waals surface area contributed by atoms with E-state index in [0.29, 0.717) is 13.1 Å². The maximum Gasteiger partial charge on any atom is 0.320 e. The van der Waals surface area contributed by atoms with Crippen LogP contribution < -0.4 is 0 Å². The third-order valence-corrected chi connectivity index (χ3v) is 5.06. The maximum atomic E-state index is 12.5. The Kier molecular flexibility index (Phi) is 4.06. The van der Waals surface area contributed by atoms with Gasteiger partial charge in [0, 0.05) is 45.8 Å². The lowest BCUT2D eigenvalue weighted by Gasteiger charge is -2.36. The molecule has 2 atom stereocenters. The molecule has 1 N–H and O–H groups in total. The second-order valence-corrected chi connectivity index (χ2v) is 6.84. The Balaban J connectivity index is 1.48. The molecule has 21 heavy (non-hydrogen) atoms. The minimum atomic E-state index is -0.785. The van der Waals surface area contributed by atoms with E-state index in [-0.39, 0.29) is 11.9 Å². The van der Waals surface area contributed by atoms with Crippen molar-refractivity contribution in [3.8, 4) is 0 Å². The summed E-state index contributed by atoms with van der Waals surface area (Å²) in [7, 11) is 0. The molecule has 2 heterocycles. The van der Waals surface area contributed by atoms with Gasteiger partial charge in [-0.25, -0.2) is 4.79 Å². The van der Waals surface area contributed by atoms with Crippen molar-refractivity contribution in [3.05, 3.63) is 0 Å². The van der Waals surface area contributed by atoms with Gasteiger partial charge in [-0.3, -0.25) is 9.69 Å². The number of hydrogen-bond donors (Lipinski definition) is 1. The van der Waals surface area contributed by atoms with Crippen LogP contribution in [0.5, 0.6) is 0 Å². The van der Waals surface area contributed by atoms with Crippen LogP contribution in [0.15, 0.2) is 0 Å². The lowest BCUT2D eigenvalue weighted by Crippen LogP contribution is -2.52. The van der Waals surface area contributed by atoms with Crippen molar-refractivity contribution in [2.24, 2.45) is 17.8 Å². The highest BCUT2D eigenvalue weighted by molar-refractivity contribution is 5.77. The van der Waals surface area contributed by atoms with Crippen LogP contribution in [0.3, 0.4) is 0 Å². The van der Waals surface area contributed by atoms with E-state index in [4.69, 9.17) is 5.11 Å². The predicted molar refractivity (Wildman–Crippen MR) is 78.0 cm³/mol. The zero-order valence-electron chi connectivity index (χ0n) is 12.7. The fourth-order valence-electron chi connectivity index (χ4n) is 3.43. The quantitative estimate of drug-likeness (QED) is 0.836. The van der Waals surface area contributed by atoms with E-state index >= 15 is 0 Å². The minimum Gasteiger partial charge on any atom is -0.481 e. The fraction of sp³-hybridized carbons (Fsp3) is 0.867. The number of carbonyl (C=O) groups is 2. The van der Waals surface area contributed by atoms with E-state index in [2.05, 4.69) is 4.90 Å². The molecule has 2 aliphatic heterocycles. The number of piperazine rings is 1. The molecule has 0 unspecified atom stereocenters. The summed E-state index contributed by atoms with van der Waals surface area (Å²) >= 11 is 0. The zero-order valence-corrected chi connectivity index (χ0v) is 12.7. The molecule has 0 spiro atoms. The number of carboxylic acids is 1. The van der Waals surface area contributed by atoms with E-state index in [1.54, 1.807) is 4.90 Å². The maximum absolute atomic E-state index is 12.5. The fourth-order valence-corrected chi connectivity index (χ4v) is 3.43. The monoisotopic (exact) mass is 295 g/mol. The van der Waals surface area contributed by atoms with Gasteiger partial charge in [-0.15, -0.1) is 0 Å². The van der Waals surface area contributed by atoms with Gasteiger partial charge in [-0.2, -0.15) is 0 Å². The van der Waals surface area contributed by atoms with Gasteiger partial charge in [-0.1, -0.05) is 6.92 Å². The summed E-state index contributed by atoms with van der Waals surface area (Å²) in [5, 5.41) is 9.16. The van der Waals surface area contributed by atoms with E-state index < -0.39 is 11.9 Å². The van der Waals surface area contributed by atoms with Crippen molar-refractivity contribution < 1.29 is 14.7 Å². The Morgan fingerprint density at radius 2 is 1.71 bits per heavy atom. The first-order chi connectivity index (χ1) is 10.0. The lowest BCUT2D eigenvalue weighted by atomic mass is 9.99. The van der Waals surface area contributed by atoms with Gasteiger partial charge in [0.2, 0.25) is 0 Å². The van der Waals surface area contributed by atoms with Gasteiger partial charge in [0.05, 0.1) is 5.92 Å². The van der Waals surface area contributed by atoms with E-state index in [1.807, 2.05) is 11.8 Å². The van der Waals surface area contributed by atoms with Crippen LogP contribution in [0.4, 0.5) is 4.79 Å². The standard InChI is InChI=1S/C15H25N3O3/c1-11-8-18(10-13(11)14(19)20)15(21)17-6-4-16(5-7-17)9-12-2-3-12/h11-13H,2-10H2,1H3,(H,19,20)/t11-,13-/m1/s1. The van der Waals surface area contributed by atoms with Gasteiger partial charge in [-0.05, 0) is 24.7 Å². The number of aliphatic carboxylic acids is 1. The molecule has 0 bridgehead atoms. The summed E-state index contributed by atoms with van der Waals surface area (Å²) in [6.45, 7) is 7.48. The molecule has 118 valence electrons. The van der Waals surface area contributed by atoms with Crippen LogP contribution in [-0.2, 0) is 4.79 Å². The highest BCUT2D eigenvalue weighted by Crippen LogP contribution is 2.30. The molecular formula is C15H25N3O3. The molecule has 0 aromatic carbocycles. The van der Waals surface area contributed by atoms with Crippen molar-refractivity contribution >= 4 is 12.0 Å². The van der Waals surface area contributed by atoms with Crippen molar-refractivity contribution in [1.82, 2.24) is 14.7 Å².